The smallest absolute Gasteiger partial charge is 0.228 e. The first-order valence-electron chi connectivity index (χ1n) is 4.86. The number of rotatable bonds is 4. The molecular formula is C10H12N4O2. The number of hydrogen-bond acceptors (Lipinski definition) is 6. The van der Waals surface area contributed by atoms with Gasteiger partial charge in [0, 0.05) is 30.8 Å². The molecule has 0 unspecified atom stereocenters. The molecule has 16 heavy (non-hydrogen) atoms. The van der Waals surface area contributed by atoms with Crippen molar-refractivity contribution >= 4 is 0 Å². The topological polar surface area (TPSA) is 87.1 Å². The molecule has 2 heterocycles. The van der Waals surface area contributed by atoms with Gasteiger partial charge in [-0.1, -0.05) is 5.16 Å². The Labute approximate surface area is 92.4 Å². The van der Waals surface area contributed by atoms with Crippen LogP contribution in [-0.2, 0) is 6.42 Å². The molecule has 0 atom stereocenters. The number of nitrogens with zero attached hydrogens (tertiary/aromatic N) is 3. The Balaban J connectivity index is 2.21. The molecule has 2 rings (SSSR count). The lowest BCUT2D eigenvalue weighted by Crippen LogP contribution is -2.02. The Morgan fingerprint density at radius 1 is 1.44 bits per heavy atom. The van der Waals surface area contributed by atoms with Crippen molar-refractivity contribution in [2.75, 3.05) is 13.7 Å². The zero-order valence-electron chi connectivity index (χ0n) is 8.88. The van der Waals surface area contributed by atoms with Crippen molar-refractivity contribution in [2.45, 2.75) is 6.42 Å². The van der Waals surface area contributed by atoms with Gasteiger partial charge in [-0.05, 0) is 6.07 Å². The maximum atomic E-state index is 5.39. The lowest BCUT2D eigenvalue weighted by molar-refractivity contribution is 0.380. The standard InChI is InChI=1S/C10H12N4O2/c1-15-8-3-2-7(6-12-8)10-13-9(4-5-11)16-14-10/h2-3,6H,4-5,11H2,1H3. The predicted octanol–water partition coefficient (Wildman–Crippen LogP) is 0.641. The molecule has 0 radical (unpaired) electrons. The van der Waals surface area contributed by atoms with Crippen molar-refractivity contribution in [3.8, 4) is 17.3 Å². The van der Waals surface area contributed by atoms with Crippen molar-refractivity contribution in [1.29, 1.82) is 0 Å². The first-order chi connectivity index (χ1) is 7.83. The van der Waals surface area contributed by atoms with Crippen LogP contribution >= 0.6 is 0 Å². The van der Waals surface area contributed by atoms with E-state index in [2.05, 4.69) is 15.1 Å². The molecule has 6 nitrogen and oxygen atoms in total. The third kappa shape index (κ3) is 2.17. The van der Waals surface area contributed by atoms with E-state index >= 15 is 0 Å². The molecule has 0 fully saturated rings. The number of hydrogen-bond donors (Lipinski definition) is 1. The minimum absolute atomic E-state index is 0.489. The van der Waals surface area contributed by atoms with E-state index in [0.717, 1.165) is 5.56 Å². The second-order valence-corrected chi connectivity index (χ2v) is 3.14. The molecule has 84 valence electrons. The van der Waals surface area contributed by atoms with Gasteiger partial charge in [-0.3, -0.25) is 0 Å². The van der Waals surface area contributed by atoms with Gasteiger partial charge in [0.2, 0.25) is 17.6 Å². The van der Waals surface area contributed by atoms with Crippen molar-refractivity contribution in [2.24, 2.45) is 5.73 Å². The molecule has 0 spiro atoms. The lowest BCUT2D eigenvalue weighted by Gasteiger charge is -1.97. The number of ether oxygens (including phenoxy) is 1. The maximum absolute atomic E-state index is 5.39. The van der Waals surface area contributed by atoms with Gasteiger partial charge in [0.1, 0.15) is 0 Å². The van der Waals surface area contributed by atoms with E-state index in [-0.39, 0.29) is 0 Å². The summed E-state index contributed by atoms with van der Waals surface area (Å²) in [6.07, 6.45) is 2.21. The van der Waals surface area contributed by atoms with Crippen molar-refractivity contribution < 1.29 is 9.26 Å². The normalized spacial score (nSPS) is 10.4. The zero-order valence-corrected chi connectivity index (χ0v) is 8.88. The Morgan fingerprint density at radius 2 is 2.31 bits per heavy atom. The van der Waals surface area contributed by atoms with Crippen LogP contribution in [0.25, 0.3) is 11.4 Å². The molecule has 0 aliphatic carbocycles. The molecule has 0 aliphatic heterocycles. The highest BCUT2D eigenvalue weighted by Crippen LogP contribution is 2.16. The van der Waals surface area contributed by atoms with Crippen LogP contribution in [0, 0.1) is 0 Å². The molecule has 2 N–H and O–H groups in total. The third-order valence-corrected chi connectivity index (χ3v) is 2.03. The SMILES string of the molecule is COc1ccc(-c2noc(CCN)n2)cn1. The summed E-state index contributed by atoms with van der Waals surface area (Å²) in [6.45, 7) is 0.489. The van der Waals surface area contributed by atoms with E-state index in [9.17, 15) is 0 Å². The minimum atomic E-state index is 0.489. The zero-order chi connectivity index (χ0) is 11.4. The van der Waals surface area contributed by atoms with Crippen LogP contribution in [0.5, 0.6) is 5.88 Å². The summed E-state index contributed by atoms with van der Waals surface area (Å²) in [5, 5.41) is 3.84. The Bertz CT molecular complexity index is 452. The van der Waals surface area contributed by atoms with Gasteiger partial charge in [0.05, 0.1) is 7.11 Å². The number of pyridine rings is 1. The highest BCUT2D eigenvalue weighted by Gasteiger charge is 2.08. The first kappa shape index (κ1) is 10.6. The molecule has 0 aromatic carbocycles. The lowest BCUT2D eigenvalue weighted by atomic mass is 10.3. The largest absolute Gasteiger partial charge is 0.481 e. The average molecular weight is 220 g/mol. The van der Waals surface area contributed by atoms with Crippen LogP contribution in [0.3, 0.4) is 0 Å². The van der Waals surface area contributed by atoms with Gasteiger partial charge in [-0.2, -0.15) is 4.98 Å². The van der Waals surface area contributed by atoms with Crippen LogP contribution in [0.1, 0.15) is 5.89 Å². The van der Waals surface area contributed by atoms with Crippen LogP contribution in [0.15, 0.2) is 22.9 Å². The molecule has 2 aromatic rings. The fourth-order valence-corrected chi connectivity index (χ4v) is 1.23. The second-order valence-electron chi connectivity index (χ2n) is 3.14. The predicted molar refractivity (Wildman–Crippen MR) is 56.8 cm³/mol. The fraction of sp³-hybridized carbons (Fsp3) is 0.300. The third-order valence-electron chi connectivity index (χ3n) is 2.03. The summed E-state index contributed by atoms with van der Waals surface area (Å²) >= 11 is 0. The molecule has 0 amide bonds. The summed E-state index contributed by atoms with van der Waals surface area (Å²) in [6, 6.07) is 3.57. The van der Waals surface area contributed by atoms with Gasteiger partial charge < -0.3 is 15.0 Å². The van der Waals surface area contributed by atoms with Crippen molar-refractivity contribution in [1.82, 2.24) is 15.1 Å². The van der Waals surface area contributed by atoms with Crippen LogP contribution in [0.2, 0.25) is 0 Å². The fourth-order valence-electron chi connectivity index (χ4n) is 1.23. The quantitative estimate of drug-likeness (QED) is 0.813. The maximum Gasteiger partial charge on any atom is 0.228 e. The monoisotopic (exact) mass is 220 g/mol. The van der Waals surface area contributed by atoms with Crippen molar-refractivity contribution in [3.63, 3.8) is 0 Å². The number of aromatic nitrogens is 3. The summed E-state index contributed by atoms with van der Waals surface area (Å²) in [7, 11) is 1.57. The summed E-state index contributed by atoms with van der Waals surface area (Å²) in [5.41, 5.74) is 6.17. The van der Waals surface area contributed by atoms with E-state index in [1.54, 1.807) is 19.4 Å². The van der Waals surface area contributed by atoms with Gasteiger partial charge in [0.25, 0.3) is 0 Å². The molecule has 0 aliphatic rings. The van der Waals surface area contributed by atoms with E-state index in [0.29, 0.717) is 30.6 Å². The van der Waals surface area contributed by atoms with Gasteiger partial charge in [-0.25, -0.2) is 4.98 Å². The molecule has 2 aromatic heterocycles. The molecular weight excluding hydrogens is 208 g/mol. The summed E-state index contributed by atoms with van der Waals surface area (Å²) in [4.78, 5) is 8.25. The van der Waals surface area contributed by atoms with E-state index in [1.807, 2.05) is 6.07 Å². The van der Waals surface area contributed by atoms with Crippen molar-refractivity contribution in [3.05, 3.63) is 24.2 Å². The minimum Gasteiger partial charge on any atom is -0.481 e. The van der Waals surface area contributed by atoms with E-state index < -0.39 is 0 Å². The van der Waals surface area contributed by atoms with Crippen LogP contribution < -0.4 is 10.5 Å². The molecule has 0 bridgehead atoms. The van der Waals surface area contributed by atoms with Crippen LogP contribution in [-0.4, -0.2) is 28.8 Å². The Hall–Kier alpha value is -1.95. The van der Waals surface area contributed by atoms with E-state index in [4.69, 9.17) is 15.0 Å². The summed E-state index contributed by atoms with van der Waals surface area (Å²) in [5.74, 6) is 1.60. The Morgan fingerprint density at radius 3 is 2.94 bits per heavy atom. The van der Waals surface area contributed by atoms with Gasteiger partial charge >= 0.3 is 0 Å². The van der Waals surface area contributed by atoms with Gasteiger partial charge in [0.15, 0.2) is 0 Å². The highest BCUT2D eigenvalue weighted by molar-refractivity contribution is 5.52. The van der Waals surface area contributed by atoms with Gasteiger partial charge in [-0.15, -0.1) is 0 Å². The Kier molecular flexibility index (Phi) is 3.11. The summed E-state index contributed by atoms with van der Waals surface area (Å²) < 4.78 is 9.97. The average Bonchev–Trinajstić information content (AvgIpc) is 2.78. The first-order valence-corrected chi connectivity index (χ1v) is 4.86. The molecule has 6 heteroatoms. The number of methoxy groups -OCH3 is 1. The van der Waals surface area contributed by atoms with Crippen LogP contribution in [0.4, 0.5) is 0 Å². The second kappa shape index (κ2) is 4.71. The molecule has 0 saturated heterocycles. The molecule has 0 saturated carbocycles. The number of nitrogens with two attached hydrogens (primary N) is 1. The van der Waals surface area contributed by atoms with E-state index in [1.165, 1.54) is 0 Å². The highest BCUT2D eigenvalue weighted by atomic mass is 16.5.